The Morgan fingerprint density at radius 1 is 1.07 bits per heavy atom. The van der Waals surface area contributed by atoms with Crippen LogP contribution in [0, 0.1) is 5.82 Å². The van der Waals surface area contributed by atoms with E-state index in [1.807, 2.05) is 36.4 Å². The molecule has 2 aromatic carbocycles. The Bertz CT molecular complexity index is 1020. The number of nitrogens with one attached hydrogen (secondary N) is 2. The van der Waals surface area contributed by atoms with Crippen LogP contribution >= 0.6 is 0 Å². The van der Waals surface area contributed by atoms with Gasteiger partial charge in [-0.2, -0.15) is 0 Å². The van der Waals surface area contributed by atoms with Crippen LogP contribution in [0.1, 0.15) is 22.6 Å². The molecule has 1 aliphatic carbocycles. The number of aromatic nitrogens is 1. The molecule has 1 amide bonds. The van der Waals surface area contributed by atoms with Crippen LogP contribution in [0.25, 0.3) is 11.1 Å². The molecule has 0 bridgehead atoms. The molecule has 0 saturated carbocycles. The lowest BCUT2D eigenvalue weighted by molar-refractivity contribution is 0.142. The Kier molecular flexibility index (Phi) is 4.46. The van der Waals surface area contributed by atoms with E-state index < -0.39 is 17.5 Å². The summed E-state index contributed by atoms with van der Waals surface area (Å²) in [5, 5.41) is 2.57. The number of halogens is 1. The van der Waals surface area contributed by atoms with Crippen molar-refractivity contribution in [2.24, 2.45) is 0 Å². The summed E-state index contributed by atoms with van der Waals surface area (Å²) in [7, 11) is 0. The number of carbonyl (C=O) groups is 1. The second-order valence-electron chi connectivity index (χ2n) is 6.36. The van der Waals surface area contributed by atoms with Gasteiger partial charge in [-0.05, 0) is 33.9 Å². The second-order valence-corrected chi connectivity index (χ2v) is 6.36. The van der Waals surface area contributed by atoms with Gasteiger partial charge in [0, 0.05) is 18.7 Å². The van der Waals surface area contributed by atoms with Crippen molar-refractivity contribution in [3.05, 3.63) is 93.7 Å². The highest BCUT2D eigenvalue weighted by molar-refractivity contribution is 5.79. The average Bonchev–Trinajstić information content (AvgIpc) is 3.01. The van der Waals surface area contributed by atoms with Crippen molar-refractivity contribution in [3.8, 4) is 11.1 Å². The van der Waals surface area contributed by atoms with Crippen molar-refractivity contribution in [3.63, 3.8) is 0 Å². The predicted octanol–water partition coefficient (Wildman–Crippen LogP) is 3.55. The molecule has 0 spiro atoms. The maximum Gasteiger partial charge on any atom is 0.407 e. The summed E-state index contributed by atoms with van der Waals surface area (Å²) in [5.41, 5.74) is 4.24. The van der Waals surface area contributed by atoms with E-state index in [-0.39, 0.29) is 19.1 Å². The van der Waals surface area contributed by atoms with Gasteiger partial charge in [0.1, 0.15) is 6.61 Å². The number of amides is 1. The van der Waals surface area contributed by atoms with Crippen LogP contribution in [0.3, 0.4) is 0 Å². The molecule has 5 nitrogen and oxygen atoms in total. The van der Waals surface area contributed by atoms with Crippen LogP contribution in [0.15, 0.2) is 65.6 Å². The normalized spacial score (nSPS) is 12.3. The Morgan fingerprint density at radius 3 is 2.33 bits per heavy atom. The largest absolute Gasteiger partial charge is 0.449 e. The van der Waals surface area contributed by atoms with Crippen molar-refractivity contribution in [1.29, 1.82) is 0 Å². The summed E-state index contributed by atoms with van der Waals surface area (Å²) in [6, 6.07) is 17.3. The molecule has 136 valence electrons. The molecule has 0 fully saturated rings. The number of rotatable bonds is 4. The second kappa shape index (κ2) is 7.07. The molecule has 1 heterocycles. The lowest BCUT2D eigenvalue weighted by atomic mass is 9.98. The number of pyridine rings is 1. The van der Waals surface area contributed by atoms with E-state index in [1.165, 1.54) is 6.20 Å². The molecule has 0 unspecified atom stereocenters. The molecule has 6 heteroatoms. The first-order chi connectivity index (χ1) is 13.1. The maximum atomic E-state index is 13.2. The molecular formula is C21H17FN2O3. The van der Waals surface area contributed by atoms with E-state index in [9.17, 15) is 14.0 Å². The zero-order valence-electron chi connectivity index (χ0n) is 14.4. The Morgan fingerprint density at radius 2 is 1.70 bits per heavy atom. The summed E-state index contributed by atoms with van der Waals surface area (Å²) < 4.78 is 18.6. The average molecular weight is 364 g/mol. The van der Waals surface area contributed by atoms with Crippen molar-refractivity contribution in [2.75, 3.05) is 6.61 Å². The highest BCUT2D eigenvalue weighted by Crippen LogP contribution is 2.44. The van der Waals surface area contributed by atoms with Gasteiger partial charge in [0.2, 0.25) is 0 Å². The number of hydrogen-bond donors (Lipinski definition) is 2. The van der Waals surface area contributed by atoms with Crippen molar-refractivity contribution in [1.82, 2.24) is 10.3 Å². The lowest BCUT2D eigenvalue weighted by Gasteiger charge is -2.14. The fourth-order valence-electron chi connectivity index (χ4n) is 3.42. The SMILES string of the molecule is O=C(NCc1c[nH]c(=O)c(F)c1)OCC1c2ccccc2-c2ccccc21. The topological polar surface area (TPSA) is 71.2 Å². The van der Waals surface area contributed by atoms with Gasteiger partial charge in [0.15, 0.2) is 5.82 Å². The van der Waals surface area contributed by atoms with E-state index in [0.717, 1.165) is 28.3 Å². The van der Waals surface area contributed by atoms with Crippen LogP contribution in [0.5, 0.6) is 0 Å². The van der Waals surface area contributed by atoms with Gasteiger partial charge in [-0.25, -0.2) is 9.18 Å². The molecule has 3 aromatic rings. The van der Waals surface area contributed by atoms with Gasteiger partial charge < -0.3 is 15.0 Å². The van der Waals surface area contributed by atoms with Crippen LogP contribution in [-0.4, -0.2) is 17.7 Å². The number of fused-ring (bicyclic) bond motifs is 3. The molecule has 2 N–H and O–H groups in total. The third-order valence-corrected chi connectivity index (χ3v) is 4.70. The van der Waals surface area contributed by atoms with Gasteiger partial charge >= 0.3 is 6.09 Å². The van der Waals surface area contributed by atoms with Crippen LogP contribution in [0.4, 0.5) is 9.18 Å². The van der Waals surface area contributed by atoms with Gasteiger partial charge in [-0.15, -0.1) is 0 Å². The molecular weight excluding hydrogens is 347 g/mol. The monoisotopic (exact) mass is 364 g/mol. The molecule has 27 heavy (non-hydrogen) atoms. The zero-order valence-corrected chi connectivity index (χ0v) is 14.4. The molecule has 4 rings (SSSR count). The van der Waals surface area contributed by atoms with Crippen molar-refractivity contribution >= 4 is 6.09 Å². The van der Waals surface area contributed by atoms with Gasteiger partial charge in [-0.1, -0.05) is 48.5 Å². The molecule has 0 atom stereocenters. The number of carbonyl (C=O) groups excluding carboxylic acids is 1. The minimum atomic E-state index is -0.887. The minimum Gasteiger partial charge on any atom is -0.449 e. The van der Waals surface area contributed by atoms with Crippen LogP contribution < -0.4 is 10.9 Å². The molecule has 1 aliphatic rings. The number of benzene rings is 2. The predicted molar refractivity (Wildman–Crippen MR) is 98.9 cm³/mol. The fourth-order valence-corrected chi connectivity index (χ4v) is 3.42. The van der Waals surface area contributed by atoms with E-state index >= 15 is 0 Å². The third-order valence-electron chi connectivity index (χ3n) is 4.70. The first-order valence-corrected chi connectivity index (χ1v) is 8.59. The van der Waals surface area contributed by atoms with Crippen LogP contribution in [-0.2, 0) is 11.3 Å². The fraction of sp³-hybridized carbons (Fsp3) is 0.143. The highest BCUT2D eigenvalue weighted by Gasteiger charge is 2.28. The van der Waals surface area contributed by atoms with Crippen molar-refractivity contribution < 1.29 is 13.9 Å². The number of aromatic amines is 1. The summed E-state index contributed by atoms with van der Waals surface area (Å²) in [4.78, 5) is 25.3. The zero-order chi connectivity index (χ0) is 18.8. The van der Waals surface area contributed by atoms with E-state index in [2.05, 4.69) is 22.4 Å². The Hall–Kier alpha value is -3.41. The van der Waals surface area contributed by atoms with E-state index in [1.54, 1.807) is 0 Å². The first kappa shape index (κ1) is 17.0. The highest BCUT2D eigenvalue weighted by atomic mass is 19.1. The third kappa shape index (κ3) is 3.33. The summed E-state index contributed by atoms with van der Waals surface area (Å²) in [5.74, 6) is -0.907. The Balaban J connectivity index is 1.42. The van der Waals surface area contributed by atoms with E-state index in [4.69, 9.17) is 4.74 Å². The molecule has 0 saturated heterocycles. The van der Waals surface area contributed by atoms with Crippen molar-refractivity contribution in [2.45, 2.75) is 12.5 Å². The quantitative estimate of drug-likeness (QED) is 0.744. The number of hydrogen-bond acceptors (Lipinski definition) is 3. The number of ether oxygens (including phenoxy) is 1. The number of H-pyrrole nitrogens is 1. The van der Waals surface area contributed by atoms with Gasteiger partial charge in [0.05, 0.1) is 0 Å². The summed E-state index contributed by atoms with van der Waals surface area (Å²) >= 11 is 0. The van der Waals surface area contributed by atoms with E-state index in [0.29, 0.717) is 5.56 Å². The summed E-state index contributed by atoms with van der Waals surface area (Å²) in [6.45, 7) is 0.268. The maximum absolute atomic E-state index is 13.2. The Labute approximate surface area is 154 Å². The minimum absolute atomic E-state index is 0.0197. The van der Waals surface area contributed by atoms with Crippen LogP contribution in [0.2, 0.25) is 0 Å². The lowest BCUT2D eigenvalue weighted by Crippen LogP contribution is -2.26. The molecule has 0 radical (unpaired) electrons. The first-order valence-electron chi connectivity index (χ1n) is 8.59. The van der Waals surface area contributed by atoms with Gasteiger partial charge in [0.25, 0.3) is 5.56 Å². The standard InChI is InChI=1S/C21H17FN2O3/c22-19-9-13(10-23-20(19)25)11-24-21(26)27-12-18-16-7-3-1-5-14(16)15-6-2-4-8-17(15)18/h1-10,18H,11-12H2,(H,23,25)(H,24,26). The number of alkyl carbamates (subject to hydrolysis) is 1. The smallest absolute Gasteiger partial charge is 0.407 e. The summed E-state index contributed by atoms with van der Waals surface area (Å²) in [6.07, 6.45) is 0.762. The molecule has 1 aromatic heterocycles. The van der Waals surface area contributed by atoms with Gasteiger partial charge in [-0.3, -0.25) is 4.79 Å². The molecule has 0 aliphatic heterocycles.